The highest BCUT2D eigenvalue weighted by atomic mass is 16.4. The minimum atomic E-state index is -0.714. The van der Waals surface area contributed by atoms with E-state index in [9.17, 15) is 9.59 Å². The average Bonchev–Trinajstić information content (AvgIpc) is 2.62. The molecule has 0 aromatic rings. The average molecular weight is 226 g/mol. The highest BCUT2D eigenvalue weighted by Gasteiger charge is 2.45. The van der Waals surface area contributed by atoms with Crippen molar-refractivity contribution in [3.05, 3.63) is 0 Å². The lowest BCUT2D eigenvalue weighted by molar-refractivity contribution is -0.144. The van der Waals surface area contributed by atoms with E-state index in [-0.39, 0.29) is 17.3 Å². The molecular weight excluding hydrogens is 208 g/mol. The molecule has 0 aromatic heterocycles. The first-order chi connectivity index (χ1) is 7.52. The van der Waals surface area contributed by atoms with Crippen LogP contribution in [-0.2, 0) is 9.59 Å². The molecule has 0 amide bonds. The van der Waals surface area contributed by atoms with Crippen molar-refractivity contribution in [2.24, 2.45) is 17.3 Å². The lowest BCUT2D eigenvalue weighted by Gasteiger charge is -2.36. The van der Waals surface area contributed by atoms with Gasteiger partial charge in [0.25, 0.3) is 0 Å². The number of hydrogen-bond donors (Lipinski definition) is 2. The fraction of sp³-hybridized carbons (Fsp3) is 0.833. The predicted octanol–water partition coefficient (Wildman–Crippen LogP) is 2.13. The molecule has 2 saturated carbocycles. The van der Waals surface area contributed by atoms with Crippen molar-refractivity contribution in [2.45, 2.75) is 44.9 Å². The van der Waals surface area contributed by atoms with Gasteiger partial charge in [-0.15, -0.1) is 0 Å². The summed E-state index contributed by atoms with van der Waals surface area (Å²) < 4.78 is 0. The topological polar surface area (TPSA) is 74.6 Å². The van der Waals surface area contributed by atoms with Gasteiger partial charge in [0.05, 0.1) is 11.8 Å². The summed E-state index contributed by atoms with van der Waals surface area (Å²) in [6.07, 6.45) is 5.70. The molecule has 2 N–H and O–H groups in total. The molecule has 2 fully saturated rings. The zero-order valence-electron chi connectivity index (χ0n) is 9.32. The lowest BCUT2D eigenvalue weighted by Crippen LogP contribution is -2.30. The molecule has 0 aromatic carbocycles. The third kappa shape index (κ3) is 2.06. The van der Waals surface area contributed by atoms with Crippen molar-refractivity contribution < 1.29 is 19.8 Å². The summed E-state index contributed by atoms with van der Waals surface area (Å²) in [5, 5.41) is 18.0. The molecule has 1 spiro atoms. The third-order valence-electron chi connectivity index (χ3n) is 4.34. The molecule has 0 saturated heterocycles. The van der Waals surface area contributed by atoms with E-state index in [2.05, 4.69) is 0 Å². The fourth-order valence-corrected chi connectivity index (χ4v) is 3.49. The van der Waals surface area contributed by atoms with Crippen LogP contribution in [-0.4, -0.2) is 22.2 Å². The van der Waals surface area contributed by atoms with Gasteiger partial charge < -0.3 is 10.2 Å². The molecule has 2 aliphatic rings. The molecule has 4 heteroatoms. The Morgan fingerprint density at radius 1 is 0.938 bits per heavy atom. The van der Waals surface area contributed by atoms with E-state index in [1.807, 2.05) is 0 Å². The summed E-state index contributed by atoms with van der Waals surface area (Å²) in [6, 6.07) is 0. The molecule has 2 aliphatic carbocycles. The highest BCUT2D eigenvalue weighted by molar-refractivity contribution is 5.71. The largest absolute Gasteiger partial charge is 0.481 e. The molecule has 3 atom stereocenters. The second-order valence-electron chi connectivity index (χ2n) is 5.41. The van der Waals surface area contributed by atoms with E-state index in [1.54, 1.807) is 0 Å². The fourth-order valence-electron chi connectivity index (χ4n) is 3.49. The first-order valence-corrected chi connectivity index (χ1v) is 5.98. The predicted molar refractivity (Wildman–Crippen MR) is 57.0 cm³/mol. The second-order valence-corrected chi connectivity index (χ2v) is 5.41. The van der Waals surface area contributed by atoms with Gasteiger partial charge in [0, 0.05) is 0 Å². The standard InChI is InChI=1S/C12H18O4/c13-10(14)8-2-1-4-12(6-8)5-3-9(7-12)11(15)16/h8-9H,1-7H2,(H,13,14)(H,15,16)/t8-,9+,12-/m1/s1. The zero-order chi connectivity index (χ0) is 11.8. The maximum atomic E-state index is 11.0. The van der Waals surface area contributed by atoms with Gasteiger partial charge in [-0.25, -0.2) is 0 Å². The Morgan fingerprint density at radius 2 is 1.50 bits per heavy atom. The Labute approximate surface area is 94.7 Å². The first-order valence-electron chi connectivity index (χ1n) is 5.98. The van der Waals surface area contributed by atoms with Gasteiger partial charge in [0.1, 0.15) is 0 Å². The van der Waals surface area contributed by atoms with Crippen LogP contribution in [0.2, 0.25) is 0 Å². The minimum Gasteiger partial charge on any atom is -0.481 e. The van der Waals surface area contributed by atoms with Crippen LogP contribution in [0.25, 0.3) is 0 Å². The summed E-state index contributed by atoms with van der Waals surface area (Å²) in [7, 11) is 0. The molecule has 0 radical (unpaired) electrons. The molecule has 90 valence electrons. The van der Waals surface area contributed by atoms with E-state index in [1.165, 1.54) is 0 Å². The lowest BCUT2D eigenvalue weighted by atomic mass is 9.68. The van der Waals surface area contributed by atoms with Gasteiger partial charge in [0.2, 0.25) is 0 Å². The SMILES string of the molecule is O=C(O)[C@@H]1CCC[C@@]2(CC[C@H](C(=O)O)C2)C1. The number of hydrogen-bond acceptors (Lipinski definition) is 2. The van der Waals surface area contributed by atoms with Gasteiger partial charge in [-0.05, 0) is 43.9 Å². The number of carboxylic acids is 2. The van der Waals surface area contributed by atoms with Crippen LogP contribution in [0, 0.1) is 17.3 Å². The Balaban J connectivity index is 2.03. The number of carbonyl (C=O) groups is 2. The van der Waals surface area contributed by atoms with Crippen molar-refractivity contribution in [3.63, 3.8) is 0 Å². The Kier molecular flexibility index (Phi) is 2.91. The zero-order valence-corrected chi connectivity index (χ0v) is 9.32. The molecule has 0 heterocycles. The van der Waals surface area contributed by atoms with Gasteiger partial charge in [-0.1, -0.05) is 6.42 Å². The van der Waals surface area contributed by atoms with Crippen LogP contribution in [0.3, 0.4) is 0 Å². The van der Waals surface area contributed by atoms with Crippen LogP contribution in [0.5, 0.6) is 0 Å². The summed E-state index contributed by atoms with van der Waals surface area (Å²) in [5.41, 5.74) is 0.0182. The van der Waals surface area contributed by atoms with Crippen molar-refractivity contribution in [1.82, 2.24) is 0 Å². The molecule has 16 heavy (non-hydrogen) atoms. The van der Waals surface area contributed by atoms with Gasteiger partial charge in [0.15, 0.2) is 0 Å². The number of rotatable bonds is 2. The molecule has 2 rings (SSSR count). The van der Waals surface area contributed by atoms with Gasteiger partial charge in [-0.3, -0.25) is 9.59 Å². The molecular formula is C12H18O4. The van der Waals surface area contributed by atoms with Crippen LogP contribution >= 0.6 is 0 Å². The van der Waals surface area contributed by atoms with Crippen molar-refractivity contribution >= 4 is 11.9 Å². The maximum absolute atomic E-state index is 11.0. The van der Waals surface area contributed by atoms with E-state index in [4.69, 9.17) is 10.2 Å². The highest BCUT2D eigenvalue weighted by Crippen LogP contribution is 2.52. The second kappa shape index (κ2) is 4.07. The van der Waals surface area contributed by atoms with E-state index in [0.717, 1.165) is 32.1 Å². The maximum Gasteiger partial charge on any atom is 0.306 e. The Morgan fingerprint density at radius 3 is 2.00 bits per heavy atom. The van der Waals surface area contributed by atoms with E-state index in [0.29, 0.717) is 12.8 Å². The van der Waals surface area contributed by atoms with Gasteiger partial charge in [-0.2, -0.15) is 0 Å². The number of carboxylic acid groups (broad SMARTS) is 2. The Hall–Kier alpha value is -1.06. The number of aliphatic carboxylic acids is 2. The monoisotopic (exact) mass is 226 g/mol. The Bertz CT molecular complexity index is 312. The summed E-state index contributed by atoms with van der Waals surface area (Å²) in [5.74, 6) is -1.92. The molecule has 0 aliphatic heterocycles. The summed E-state index contributed by atoms with van der Waals surface area (Å²) in [6.45, 7) is 0. The first kappa shape index (κ1) is 11.4. The van der Waals surface area contributed by atoms with Crippen LogP contribution in [0.4, 0.5) is 0 Å². The normalized spacial score (nSPS) is 38.8. The smallest absolute Gasteiger partial charge is 0.306 e. The van der Waals surface area contributed by atoms with Crippen LogP contribution in [0.1, 0.15) is 44.9 Å². The van der Waals surface area contributed by atoms with Crippen molar-refractivity contribution in [2.75, 3.05) is 0 Å². The van der Waals surface area contributed by atoms with Crippen molar-refractivity contribution in [3.8, 4) is 0 Å². The third-order valence-corrected chi connectivity index (χ3v) is 4.34. The minimum absolute atomic E-state index is 0.0182. The molecule has 4 nitrogen and oxygen atoms in total. The molecule has 0 bridgehead atoms. The van der Waals surface area contributed by atoms with E-state index >= 15 is 0 Å². The summed E-state index contributed by atoms with van der Waals surface area (Å²) in [4.78, 5) is 21.9. The molecule has 0 unspecified atom stereocenters. The quantitative estimate of drug-likeness (QED) is 0.756. The van der Waals surface area contributed by atoms with Gasteiger partial charge >= 0.3 is 11.9 Å². The summed E-state index contributed by atoms with van der Waals surface area (Å²) >= 11 is 0. The van der Waals surface area contributed by atoms with Crippen molar-refractivity contribution in [1.29, 1.82) is 0 Å². The van der Waals surface area contributed by atoms with Crippen LogP contribution < -0.4 is 0 Å². The van der Waals surface area contributed by atoms with Crippen LogP contribution in [0.15, 0.2) is 0 Å². The van der Waals surface area contributed by atoms with E-state index < -0.39 is 11.9 Å².